The Hall–Kier alpha value is -0.570. The van der Waals surface area contributed by atoms with Crippen molar-refractivity contribution in [2.24, 2.45) is 11.8 Å². The highest BCUT2D eigenvalue weighted by Gasteiger charge is 2.27. The second kappa shape index (κ2) is 7.78. The summed E-state index contributed by atoms with van der Waals surface area (Å²) in [6.07, 6.45) is 7.35. The monoisotopic (exact) mass is 254 g/mol. The highest BCUT2D eigenvalue weighted by Crippen LogP contribution is 2.32. The summed E-state index contributed by atoms with van der Waals surface area (Å²) in [5.41, 5.74) is 0. The second-order valence-electron chi connectivity index (χ2n) is 6.07. The number of nitrogens with zero attached hydrogens (tertiary/aromatic N) is 2. The summed E-state index contributed by atoms with van der Waals surface area (Å²) in [6.45, 7) is 4.06. The predicted octanol–water partition coefficient (Wildman–Crippen LogP) is 2.61. The number of amides is 1. The number of carbonyl (C=O) groups excluding carboxylic acids is 1. The summed E-state index contributed by atoms with van der Waals surface area (Å²) < 4.78 is 0. The smallest absolute Gasteiger partial charge is 0.225 e. The van der Waals surface area contributed by atoms with Crippen molar-refractivity contribution in [3.05, 3.63) is 0 Å². The number of hydrogen-bond acceptors (Lipinski definition) is 2. The van der Waals surface area contributed by atoms with Gasteiger partial charge in [0, 0.05) is 26.1 Å². The van der Waals surface area contributed by atoms with E-state index in [9.17, 15) is 4.79 Å². The third-order valence-electron chi connectivity index (χ3n) is 4.15. The molecule has 1 aliphatic carbocycles. The Kier molecular flexibility index (Phi) is 6.69. The maximum absolute atomic E-state index is 12.3. The normalized spacial score (nSPS) is 24.3. The molecule has 1 amide bonds. The molecule has 1 fully saturated rings. The van der Waals surface area contributed by atoms with Crippen molar-refractivity contribution in [2.75, 3.05) is 34.2 Å². The van der Waals surface area contributed by atoms with E-state index < -0.39 is 0 Å². The van der Waals surface area contributed by atoms with Crippen molar-refractivity contribution in [3.63, 3.8) is 0 Å². The number of likely N-dealkylation sites (N-methyl/N-ethyl adjacent to an activating group) is 2. The predicted molar refractivity (Wildman–Crippen MR) is 76.5 cm³/mol. The molecule has 0 saturated heterocycles. The first-order valence-corrected chi connectivity index (χ1v) is 7.44. The Balaban J connectivity index is 2.30. The van der Waals surface area contributed by atoms with Gasteiger partial charge in [-0.1, -0.05) is 19.8 Å². The highest BCUT2D eigenvalue weighted by atomic mass is 16.2. The largest absolute Gasteiger partial charge is 0.344 e. The van der Waals surface area contributed by atoms with Crippen LogP contribution in [-0.2, 0) is 4.79 Å². The third-order valence-corrected chi connectivity index (χ3v) is 4.15. The van der Waals surface area contributed by atoms with Crippen LogP contribution in [-0.4, -0.2) is 49.9 Å². The molecule has 0 radical (unpaired) electrons. The summed E-state index contributed by atoms with van der Waals surface area (Å²) in [4.78, 5) is 16.3. The van der Waals surface area contributed by atoms with Crippen LogP contribution < -0.4 is 0 Å². The van der Waals surface area contributed by atoms with Gasteiger partial charge in [0.2, 0.25) is 5.91 Å². The Morgan fingerprint density at radius 2 is 1.67 bits per heavy atom. The molecule has 0 unspecified atom stereocenters. The minimum atomic E-state index is 0.297. The molecule has 1 saturated carbocycles. The minimum Gasteiger partial charge on any atom is -0.344 e. The summed E-state index contributed by atoms with van der Waals surface area (Å²) in [7, 11) is 6.05. The van der Waals surface area contributed by atoms with Crippen LogP contribution in [0.4, 0.5) is 0 Å². The third kappa shape index (κ3) is 4.97. The lowest BCUT2D eigenvalue weighted by atomic mass is 9.79. The zero-order chi connectivity index (χ0) is 13.5. The molecule has 0 bridgehead atoms. The molecule has 18 heavy (non-hydrogen) atoms. The number of carbonyl (C=O) groups is 1. The lowest BCUT2D eigenvalue weighted by Crippen LogP contribution is -2.38. The zero-order valence-corrected chi connectivity index (χ0v) is 12.6. The van der Waals surface area contributed by atoms with Gasteiger partial charge in [0.1, 0.15) is 0 Å². The van der Waals surface area contributed by atoms with Crippen molar-refractivity contribution in [1.29, 1.82) is 0 Å². The fourth-order valence-electron chi connectivity index (χ4n) is 2.88. The van der Waals surface area contributed by atoms with Crippen molar-refractivity contribution >= 4 is 5.91 Å². The van der Waals surface area contributed by atoms with Gasteiger partial charge in [-0.15, -0.1) is 0 Å². The van der Waals surface area contributed by atoms with E-state index in [1.807, 2.05) is 26.0 Å². The molecule has 0 atom stereocenters. The van der Waals surface area contributed by atoms with Crippen LogP contribution in [0.3, 0.4) is 0 Å². The minimum absolute atomic E-state index is 0.297. The van der Waals surface area contributed by atoms with Crippen LogP contribution >= 0.6 is 0 Å². The van der Waals surface area contributed by atoms with Gasteiger partial charge in [-0.3, -0.25) is 4.79 Å². The van der Waals surface area contributed by atoms with E-state index in [2.05, 4.69) is 11.8 Å². The maximum Gasteiger partial charge on any atom is 0.225 e. The first-order chi connectivity index (χ1) is 8.54. The fourth-order valence-corrected chi connectivity index (χ4v) is 2.88. The van der Waals surface area contributed by atoms with Gasteiger partial charge in [-0.2, -0.15) is 0 Å². The van der Waals surface area contributed by atoms with Crippen LogP contribution in [0.25, 0.3) is 0 Å². The first-order valence-electron chi connectivity index (χ1n) is 7.44. The van der Waals surface area contributed by atoms with Crippen LogP contribution in [0.5, 0.6) is 0 Å². The SMILES string of the molecule is CCCC1CCC(C(=O)N(C)CCN(C)C)CC1. The van der Waals surface area contributed by atoms with Gasteiger partial charge in [0.15, 0.2) is 0 Å². The lowest BCUT2D eigenvalue weighted by molar-refractivity contribution is -0.135. The van der Waals surface area contributed by atoms with Crippen molar-refractivity contribution < 1.29 is 4.79 Å². The number of rotatable bonds is 6. The maximum atomic E-state index is 12.3. The van der Waals surface area contributed by atoms with E-state index in [1.165, 1.54) is 25.7 Å². The Morgan fingerprint density at radius 3 is 2.17 bits per heavy atom. The van der Waals surface area contributed by atoms with E-state index >= 15 is 0 Å². The zero-order valence-electron chi connectivity index (χ0n) is 12.6. The molecule has 0 aromatic rings. The van der Waals surface area contributed by atoms with Crippen LogP contribution in [0.2, 0.25) is 0 Å². The molecular weight excluding hydrogens is 224 g/mol. The number of hydrogen-bond donors (Lipinski definition) is 0. The molecule has 0 aliphatic heterocycles. The van der Waals surface area contributed by atoms with E-state index in [1.54, 1.807) is 0 Å². The van der Waals surface area contributed by atoms with E-state index in [-0.39, 0.29) is 0 Å². The first kappa shape index (κ1) is 15.5. The van der Waals surface area contributed by atoms with Gasteiger partial charge in [0.25, 0.3) is 0 Å². The van der Waals surface area contributed by atoms with Crippen molar-refractivity contribution in [3.8, 4) is 0 Å². The van der Waals surface area contributed by atoms with Gasteiger partial charge in [-0.25, -0.2) is 0 Å². The van der Waals surface area contributed by atoms with Crippen LogP contribution in [0.15, 0.2) is 0 Å². The summed E-state index contributed by atoms with van der Waals surface area (Å²) >= 11 is 0. The molecule has 0 N–H and O–H groups in total. The van der Waals surface area contributed by atoms with E-state index in [4.69, 9.17) is 0 Å². The van der Waals surface area contributed by atoms with Crippen molar-refractivity contribution in [2.45, 2.75) is 45.4 Å². The highest BCUT2D eigenvalue weighted by molar-refractivity contribution is 5.78. The second-order valence-corrected chi connectivity index (χ2v) is 6.07. The molecule has 1 aliphatic rings. The molecule has 1 rings (SSSR count). The quantitative estimate of drug-likeness (QED) is 0.727. The summed E-state index contributed by atoms with van der Waals surface area (Å²) in [6, 6.07) is 0. The Bertz CT molecular complexity index is 245. The van der Waals surface area contributed by atoms with Crippen molar-refractivity contribution in [1.82, 2.24) is 9.80 Å². The standard InChI is InChI=1S/C15H30N2O/c1-5-6-13-7-9-14(10-8-13)15(18)17(4)12-11-16(2)3/h13-14H,5-12H2,1-4H3. The molecule has 0 aromatic heterocycles. The molecule has 0 aromatic carbocycles. The average molecular weight is 254 g/mol. The molecule has 0 spiro atoms. The van der Waals surface area contributed by atoms with E-state index in [0.29, 0.717) is 11.8 Å². The molecular formula is C15H30N2O. The van der Waals surface area contributed by atoms with Crippen LogP contribution in [0, 0.1) is 11.8 Å². The molecule has 3 nitrogen and oxygen atoms in total. The van der Waals surface area contributed by atoms with E-state index in [0.717, 1.165) is 31.8 Å². The van der Waals surface area contributed by atoms with Gasteiger partial charge in [0.05, 0.1) is 0 Å². The van der Waals surface area contributed by atoms with Crippen LogP contribution in [0.1, 0.15) is 45.4 Å². The Morgan fingerprint density at radius 1 is 1.06 bits per heavy atom. The van der Waals surface area contributed by atoms with Gasteiger partial charge >= 0.3 is 0 Å². The molecule has 0 heterocycles. The Labute approximate surface area is 113 Å². The topological polar surface area (TPSA) is 23.6 Å². The fraction of sp³-hybridized carbons (Fsp3) is 0.933. The summed E-state index contributed by atoms with van der Waals surface area (Å²) in [5, 5.41) is 0. The summed E-state index contributed by atoms with van der Waals surface area (Å²) in [5.74, 6) is 1.54. The van der Waals surface area contributed by atoms with Gasteiger partial charge in [-0.05, 0) is 45.7 Å². The molecule has 106 valence electrons. The lowest BCUT2D eigenvalue weighted by Gasteiger charge is -2.30. The molecule has 3 heteroatoms. The average Bonchev–Trinajstić information content (AvgIpc) is 2.36. The van der Waals surface area contributed by atoms with Gasteiger partial charge < -0.3 is 9.80 Å².